The lowest BCUT2D eigenvalue weighted by atomic mass is 9.93. The lowest BCUT2D eigenvalue weighted by Crippen LogP contribution is -2.69. The van der Waals surface area contributed by atoms with E-state index in [9.17, 15) is 20.7 Å². The van der Waals surface area contributed by atoms with Crippen molar-refractivity contribution in [2.45, 2.75) is 169 Å². The molecule has 13 rings (SSSR count). The zero-order chi connectivity index (χ0) is 84.1. The van der Waals surface area contributed by atoms with E-state index >= 15 is 9.59 Å². The zero-order valence-corrected chi connectivity index (χ0v) is 66.8. The lowest BCUT2D eigenvalue weighted by Gasteiger charge is -2.51. The van der Waals surface area contributed by atoms with E-state index in [0.717, 1.165) is 36.5 Å². The fourth-order valence-corrected chi connectivity index (χ4v) is 14.6. The molecule has 0 saturated carbocycles. The van der Waals surface area contributed by atoms with Crippen LogP contribution in [-0.4, -0.2) is 188 Å². The van der Waals surface area contributed by atoms with E-state index in [4.69, 9.17) is 94.7 Å². The molecule has 4 fully saturated rings. The first kappa shape index (κ1) is 87.5. The molecule has 0 bridgehead atoms. The Hall–Kier alpha value is -11.3. The molecule has 0 radical (unpaired) electrons. The Morgan fingerprint density at radius 2 is 0.628 bits per heavy atom. The van der Waals surface area contributed by atoms with Gasteiger partial charge in [-0.15, -0.1) is 0 Å². The Morgan fingerprint density at radius 1 is 0.322 bits per heavy atom. The van der Waals surface area contributed by atoms with Gasteiger partial charge in [0.15, 0.2) is 49.6 Å². The summed E-state index contributed by atoms with van der Waals surface area (Å²) in [5, 5.41) is 8.76. The number of esters is 4. The molecule has 4 heterocycles. The van der Waals surface area contributed by atoms with Crippen molar-refractivity contribution in [2.24, 2.45) is 10.2 Å². The van der Waals surface area contributed by atoms with Crippen LogP contribution < -0.4 is 4.74 Å². The van der Waals surface area contributed by atoms with Crippen LogP contribution in [-0.2, 0) is 146 Å². The number of rotatable bonds is 39. The third-order valence-electron chi connectivity index (χ3n) is 20.6. The van der Waals surface area contributed by atoms with Gasteiger partial charge in [-0.1, -0.05) is 241 Å². The van der Waals surface area contributed by atoms with E-state index in [1.165, 1.54) is 19.2 Å². The molecule has 0 spiro atoms. The number of methoxy groups -OCH3 is 4. The normalized spacial score (nSPS) is 26.3. The van der Waals surface area contributed by atoms with Crippen LogP contribution in [0.5, 0.6) is 5.75 Å². The highest BCUT2D eigenvalue weighted by atomic mass is 16.8. The quantitative estimate of drug-likeness (QED) is 0.0113. The number of hydrogen-bond donors (Lipinski definition) is 0. The second kappa shape index (κ2) is 44.8. The maximum Gasteiger partial charge on any atom is 0.338 e. The van der Waals surface area contributed by atoms with Gasteiger partial charge >= 0.3 is 23.9 Å². The van der Waals surface area contributed by atoms with Crippen molar-refractivity contribution in [1.29, 1.82) is 0 Å². The number of benzene rings is 9. The minimum Gasteiger partial charge on any atom is -0.497 e. The average molecular weight is 1660 g/mol. The molecule has 4 saturated heterocycles. The number of nitrogens with zero attached hydrogens (tertiary/aromatic N) is 6. The summed E-state index contributed by atoms with van der Waals surface area (Å²) in [5.41, 5.74) is 26.9. The molecule has 9 aromatic carbocycles. The van der Waals surface area contributed by atoms with Crippen LogP contribution in [0.4, 0.5) is 0 Å². The van der Waals surface area contributed by atoms with Crippen LogP contribution in [0.15, 0.2) is 277 Å². The summed E-state index contributed by atoms with van der Waals surface area (Å²) >= 11 is 0. The van der Waals surface area contributed by atoms with Crippen LogP contribution in [0.25, 0.3) is 20.9 Å². The fraction of sp³-hybridized carbons (Fsp3) is 0.363. The van der Waals surface area contributed by atoms with Gasteiger partial charge in [0.1, 0.15) is 78.9 Å². The first-order valence-electron chi connectivity index (χ1n) is 39.4. The molecule has 121 heavy (non-hydrogen) atoms. The third-order valence-corrected chi connectivity index (χ3v) is 20.6. The molecule has 0 N–H and O–H groups in total. The van der Waals surface area contributed by atoms with E-state index in [-0.39, 0.29) is 64.0 Å². The summed E-state index contributed by atoms with van der Waals surface area (Å²) in [6.07, 6.45) is -29.3. The lowest BCUT2D eigenvalue weighted by molar-refractivity contribution is -0.376. The summed E-state index contributed by atoms with van der Waals surface area (Å²) in [5.74, 6) is -3.24. The van der Waals surface area contributed by atoms with Crippen molar-refractivity contribution in [3.8, 4) is 5.75 Å². The molecule has 0 aliphatic carbocycles. The largest absolute Gasteiger partial charge is 0.497 e. The Labute approximate surface area is 699 Å². The van der Waals surface area contributed by atoms with E-state index in [2.05, 4.69) is 20.1 Å². The fourth-order valence-electron chi connectivity index (χ4n) is 14.6. The van der Waals surface area contributed by atoms with Crippen LogP contribution in [0.1, 0.15) is 59.7 Å². The van der Waals surface area contributed by atoms with E-state index in [1.54, 1.807) is 141 Å². The van der Waals surface area contributed by atoms with Gasteiger partial charge in [-0.25, -0.2) is 19.2 Å². The molecule has 20 atom stereocenters. The summed E-state index contributed by atoms with van der Waals surface area (Å²) in [6, 6.07) is 75.0. The van der Waals surface area contributed by atoms with Gasteiger partial charge in [0.05, 0.1) is 91.9 Å². The summed E-state index contributed by atoms with van der Waals surface area (Å²) in [4.78, 5) is 66.4. The molecule has 30 heteroatoms. The minimum absolute atomic E-state index is 0.0135. The maximum absolute atomic E-state index is 15.4. The molecule has 632 valence electrons. The third kappa shape index (κ3) is 23.4. The van der Waals surface area contributed by atoms with Crippen molar-refractivity contribution in [2.75, 3.05) is 41.7 Å². The molecule has 0 amide bonds. The maximum atomic E-state index is 15.4. The SMILES string of the molecule is COC(=O)C1O[C@@H](O[C@H]2C(COCc3ccccc3)O[C@@H](O[C@H]3C(OCc4ccccc4)C(OC(=O)c4ccccc4)[C@@H](OC)O[C@H]3C(=O)OC)C(N=[N+]=[N-])[C@H]2OCc2ccccc2)C(OC(=O)c2ccccc2)[C@@H](OCc2ccccc2)[C@H]1O[C@@H]1OC(COCc2ccccc2)[C@H](OCc2ccc(OC)cc2)[C@H](OCc2ccccc2)C1N=[N+]=[N-]. The smallest absolute Gasteiger partial charge is 0.338 e. The number of carbonyl (C=O) groups is 4. The molecule has 0 aromatic heterocycles. The van der Waals surface area contributed by atoms with Crippen molar-refractivity contribution in [1.82, 2.24) is 0 Å². The van der Waals surface area contributed by atoms with Crippen molar-refractivity contribution < 1.29 is 114 Å². The van der Waals surface area contributed by atoms with Crippen LogP contribution in [0.3, 0.4) is 0 Å². The highest BCUT2D eigenvalue weighted by Crippen LogP contribution is 2.42. The standard InChI is InChI=1S/C91H94N6O24/c1-102-67-47-45-64(46-48-67)55-108-72-68(56-106-49-58-29-13-5-14-30-58)113-88(70(94-96-92)74(72)109-51-60-33-17-7-18-34-60)119-79-77(112-54-63-39-23-10-24-40-63)83(116-85(99)66-43-27-12-28-44-66)91(121-81(79)87(101)104-3)117-73-69(57-107-50-59-31-15-6-16-32-59)114-89(71(95-97-93)75(73)110-52-61-35-19-8-20-36-61)118-78-76(111-53-62-37-21-9-22-38-62)82(90(105-4)120-80(78)86(100)103-2)115-84(98)65-41-25-11-26-42-65/h5-48,68-83,88-91H,49-57H2,1-4H3/t68?,69?,70?,71?,72-,73-,74+,75+,76?,77-,78-,79+,80+,81?,82?,83?,88-,89-,90-,91+/m0/s1. The zero-order valence-electron chi connectivity index (χ0n) is 66.8. The molecule has 4 aliphatic rings. The Morgan fingerprint density at radius 3 is 0.983 bits per heavy atom. The second-order valence-corrected chi connectivity index (χ2v) is 28.6. The highest BCUT2D eigenvalue weighted by Gasteiger charge is 2.61. The first-order valence-corrected chi connectivity index (χ1v) is 39.4. The highest BCUT2D eigenvalue weighted by molar-refractivity contribution is 5.90. The summed E-state index contributed by atoms with van der Waals surface area (Å²) < 4.78 is 133. The number of azide groups is 2. The number of carbonyl (C=O) groups excluding carboxylic acids is 4. The van der Waals surface area contributed by atoms with Gasteiger partial charge in [-0.05, 0) is 86.4 Å². The molecule has 30 nitrogen and oxygen atoms in total. The van der Waals surface area contributed by atoms with Gasteiger partial charge < -0.3 is 94.7 Å². The van der Waals surface area contributed by atoms with E-state index in [0.29, 0.717) is 22.4 Å². The van der Waals surface area contributed by atoms with Gasteiger partial charge in [0, 0.05) is 16.9 Å². The minimum atomic E-state index is -2.02. The van der Waals surface area contributed by atoms with Gasteiger partial charge in [-0.3, -0.25) is 0 Å². The van der Waals surface area contributed by atoms with Crippen molar-refractivity contribution in [3.63, 3.8) is 0 Å². The predicted octanol–water partition coefficient (Wildman–Crippen LogP) is 13.2. The van der Waals surface area contributed by atoms with Gasteiger partial charge in [0.2, 0.25) is 0 Å². The second-order valence-electron chi connectivity index (χ2n) is 28.6. The summed E-state index contributed by atoms with van der Waals surface area (Å²) in [7, 11) is 5.11. The topological polar surface area (TPSA) is 350 Å². The Kier molecular flexibility index (Phi) is 32.4. The number of hydrogen-bond acceptors (Lipinski definition) is 26. The molecule has 4 aliphatic heterocycles. The van der Waals surface area contributed by atoms with Crippen molar-refractivity contribution in [3.05, 3.63) is 338 Å². The van der Waals surface area contributed by atoms with Crippen LogP contribution >= 0.6 is 0 Å². The summed E-state index contributed by atoms with van der Waals surface area (Å²) in [6.45, 7) is -1.28. The van der Waals surface area contributed by atoms with Crippen LogP contribution in [0.2, 0.25) is 0 Å². The van der Waals surface area contributed by atoms with E-state index in [1.807, 2.05) is 121 Å². The van der Waals surface area contributed by atoms with E-state index < -0.39 is 153 Å². The molecular weight excluding hydrogens is 1560 g/mol. The molecule has 9 aromatic rings. The average Bonchev–Trinajstić information content (AvgIpc) is 0.751. The van der Waals surface area contributed by atoms with Gasteiger partial charge in [-0.2, -0.15) is 0 Å². The molecule has 8 unspecified atom stereocenters. The molecular formula is C91H94N6O24. The van der Waals surface area contributed by atoms with Crippen LogP contribution in [0, 0.1) is 0 Å². The Bertz CT molecular complexity index is 4770. The van der Waals surface area contributed by atoms with Gasteiger partial charge in [0.25, 0.3) is 0 Å². The Balaban J connectivity index is 0.935. The number of ether oxygens (including phenoxy) is 20. The first-order chi connectivity index (χ1) is 59.4. The van der Waals surface area contributed by atoms with Crippen molar-refractivity contribution >= 4 is 23.9 Å². The monoisotopic (exact) mass is 1650 g/mol. The predicted molar refractivity (Wildman–Crippen MR) is 431 cm³/mol.